The molecule has 6 nitrogen and oxygen atoms in total. The molecule has 1 heterocycles. The van der Waals surface area contributed by atoms with Crippen molar-refractivity contribution in [2.75, 3.05) is 19.7 Å². The lowest BCUT2D eigenvalue weighted by Gasteiger charge is -2.36. The molecule has 2 unspecified atom stereocenters. The number of Topliss-reactive ketones (excluding diaryl/α,β-unsaturated/α-hetero) is 1. The molecule has 1 saturated heterocycles. The zero-order chi connectivity index (χ0) is 29.9. The number of ketones is 1. The Hall–Kier alpha value is -3.31. The molecule has 40 heavy (non-hydrogen) atoms. The van der Waals surface area contributed by atoms with Crippen molar-refractivity contribution in [2.24, 2.45) is 0 Å². The smallest absolute Gasteiger partial charge is 0.427 e. The molecule has 3 rings (SSSR count). The van der Waals surface area contributed by atoms with Crippen LogP contribution in [0.4, 0.5) is 22.0 Å². The van der Waals surface area contributed by atoms with Gasteiger partial charge in [-0.2, -0.15) is 22.0 Å². The number of carbonyl (C=O) groups is 2. The van der Waals surface area contributed by atoms with Crippen LogP contribution in [0.2, 0.25) is 0 Å². The number of benzene rings is 2. The first kappa shape index (κ1) is 31.2. The maximum Gasteiger partial charge on any atom is 0.427 e. The Labute approximate surface area is 229 Å². The number of ether oxygens (including phenoxy) is 1. The first-order valence-corrected chi connectivity index (χ1v) is 12.7. The number of amides is 1. The van der Waals surface area contributed by atoms with Gasteiger partial charge in [-0.3, -0.25) is 9.59 Å². The number of aliphatic hydroxyl groups excluding tert-OH is 1. The second-order valence-electron chi connectivity index (χ2n) is 10.3. The number of nitrogens with zero attached hydrogens (tertiary/aromatic N) is 1. The first-order valence-electron chi connectivity index (χ1n) is 12.7. The molecule has 0 aromatic heterocycles. The summed E-state index contributed by atoms with van der Waals surface area (Å²) in [5.74, 6) is -5.12. The molecule has 11 heteroatoms. The number of piperidine rings is 1. The normalized spacial score (nSPS) is 18.1. The third-order valence-electron chi connectivity index (χ3n) is 7.12. The number of rotatable bonds is 10. The van der Waals surface area contributed by atoms with Crippen LogP contribution in [0.15, 0.2) is 61.2 Å². The van der Waals surface area contributed by atoms with Gasteiger partial charge in [0.15, 0.2) is 11.4 Å². The van der Waals surface area contributed by atoms with E-state index in [2.05, 4.69) is 6.58 Å². The second-order valence-corrected chi connectivity index (χ2v) is 10.3. The summed E-state index contributed by atoms with van der Waals surface area (Å²) < 4.78 is 74.7. The molecule has 0 aliphatic carbocycles. The van der Waals surface area contributed by atoms with Crippen LogP contribution < -0.4 is 4.74 Å². The van der Waals surface area contributed by atoms with Crippen LogP contribution >= 0.6 is 0 Å². The molecule has 0 saturated carbocycles. The summed E-state index contributed by atoms with van der Waals surface area (Å²) in [5, 5.41) is 19.1. The Morgan fingerprint density at radius 2 is 1.75 bits per heavy atom. The summed E-state index contributed by atoms with van der Waals surface area (Å²) in [6.45, 7) is 6.32. The second kappa shape index (κ2) is 11.7. The van der Waals surface area contributed by atoms with Crippen LogP contribution in [-0.2, 0) is 10.4 Å². The Balaban J connectivity index is 1.78. The van der Waals surface area contributed by atoms with Gasteiger partial charge in [-0.05, 0) is 68.2 Å². The molecule has 0 radical (unpaired) electrons. The predicted molar refractivity (Wildman–Crippen MR) is 137 cm³/mol. The number of aliphatic hydroxyl groups is 2. The summed E-state index contributed by atoms with van der Waals surface area (Å²) in [6, 6.07) is 10.4. The molecule has 1 fully saturated rings. The van der Waals surface area contributed by atoms with Crippen molar-refractivity contribution in [1.82, 2.24) is 4.90 Å². The lowest BCUT2D eigenvalue weighted by Crippen LogP contribution is -2.55. The van der Waals surface area contributed by atoms with Crippen molar-refractivity contribution in [3.63, 3.8) is 0 Å². The van der Waals surface area contributed by atoms with Crippen molar-refractivity contribution < 1.29 is 46.5 Å². The van der Waals surface area contributed by atoms with Gasteiger partial charge < -0.3 is 19.8 Å². The summed E-state index contributed by atoms with van der Waals surface area (Å²) in [6.07, 6.45) is -4.63. The van der Waals surface area contributed by atoms with E-state index >= 15 is 0 Å². The van der Waals surface area contributed by atoms with E-state index in [4.69, 9.17) is 9.84 Å². The van der Waals surface area contributed by atoms with Crippen LogP contribution in [-0.4, -0.2) is 64.2 Å². The maximum atomic E-state index is 14.1. The fourth-order valence-corrected chi connectivity index (χ4v) is 4.75. The minimum absolute atomic E-state index is 0.0166. The fourth-order valence-electron chi connectivity index (χ4n) is 4.75. The van der Waals surface area contributed by atoms with Crippen LogP contribution in [0, 0.1) is 0 Å². The van der Waals surface area contributed by atoms with Gasteiger partial charge in [0.2, 0.25) is 0 Å². The molecule has 2 aromatic carbocycles. The van der Waals surface area contributed by atoms with Crippen molar-refractivity contribution in [3.05, 3.63) is 77.9 Å². The molecular weight excluding hydrogens is 537 g/mol. The maximum absolute atomic E-state index is 14.1. The molecule has 0 spiro atoms. The number of likely N-dealkylation sites (tertiary alicyclic amines) is 1. The van der Waals surface area contributed by atoms with Gasteiger partial charge in [0.05, 0.1) is 6.61 Å². The minimum Gasteiger partial charge on any atom is -0.480 e. The van der Waals surface area contributed by atoms with E-state index < -0.39 is 34.8 Å². The van der Waals surface area contributed by atoms with E-state index in [1.54, 1.807) is 32.0 Å². The Kier molecular flexibility index (Phi) is 9.10. The van der Waals surface area contributed by atoms with Crippen LogP contribution in [0.5, 0.6) is 5.75 Å². The quantitative estimate of drug-likeness (QED) is 0.296. The highest BCUT2D eigenvalue weighted by molar-refractivity contribution is 5.94. The number of hydrogen-bond donors (Lipinski definition) is 2. The lowest BCUT2D eigenvalue weighted by molar-refractivity contribution is -0.327. The van der Waals surface area contributed by atoms with Crippen molar-refractivity contribution in [2.45, 2.75) is 62.3 Å². The van der Waals surface area contributed by atoms with Crippen LogP contribution in [0.25, 0.3) is 0 Å². The molecule has 218 valence electrons. The van der Waals surface area contributed by atoms with E-state index in [1.165, 1.54) is 4.90 Å². The third-order valence-corrected chi connectivity index (χ3v) is 7.12. The highest BCUT2D eigenvalue weighted by Gasteiger charge is 2.68. The SMILES string of the molecule is C=CC(F)(F)C(O)(c1ccc(C(=O)N2CCCC(c3cccc(OC(C)(C)C(=O)CCO)c3)C2)cc1)C(F)(F)F. The number of halogens is 5. The summed E-state index contributed by atoms with van der Waals surface area (Å²) in [5.41, 5.74) is -5.94. The number of alkyl halides is 5. The lowest BCUT2D eigenvalue weighted by atomic mass is 9.85. The van der Waals surface area contributed by atoms with E-state index in [0.717, 1.165) is 24.1 Å². The molecule has 2 atom stereocenters. The third kappa shape index (κ3) is 6.20. The number of hydrogen-bond acceptors (Lipinski definition) is 5. The van der Waals surface area contributed by atoms with Gasteiger partial charge in [-0.15, -0.1) is 0 Å². The fraction of sp³-hybridized carbons (Fsp3) is 0.448. The van der Waals surface area contributed by atoms with Gasteiger partial charge in [0.1, 0.15) is 5.75 Å². The Morgan fingerprint density at radius 3 is 2.33 bits per heavy atom. The van der Waals surface area contributed by atoms with Crippen LogP contribution in [0.3, 0.4) is 0 Å². The molecule has 1 amide bonds. The summed E-state index contributed by atoms with van der Waals surface area (Å²) in [4.78, 5) is 27.0. The Bertz CT molecular complexity index is 1230. The molecular formula is C29H32F5NO5. The van der Waals surface area contributed by atoms with Gasteiger partial charge >= 0.3 is 12.1 Å². The van der Waals surface area contributed by atoms with E-state index in [1.807, 2.05) is 6.07 Å². The zero-order valence-corrected chi connectivity index (χ0v) is 22.2. The van der Waals surface area contributed by atoms with Crippen molar-refractivity contribution in [1.29, 1.82) is 0 Å². The van der Waals surface area contributed by atoms with Crippen LogP contribution in [0.1, 0.15) is 60.5 Å². The van der Waals surface area contributed by atoms with E-state index in [0.29, 0.717) is 30.8 Å². The number of carbonyl (C=O) groups excluding carboxylic acids is 2. The molecule has 0 bridgehead atoms. The summed E-state index contributed by atoms with van der Waals surface area (Å²) in [7, 11) is 0. The minimum atomic E-state index is -5.71. The molecule has 1 aliphatic heterocycles. The van der Waals surface area contributed by atoms with Crippen molar-refractivity contribution >= 4 is 11.7 Å². The summed E-state index contributed by atoms with van der Waals surface area (Å²) >= 11 is 0. The van der Waals surface area contributed by atoms with E-state index in [-0.39, 0.29) is 42.9 Å². The average Bonchev–Trinajstić information content (AvgIpc) is 2.91. The molecule has 2 N–H and O–H groups in total. The van der Waals surface area contributed by atoms with Crippen molar-refractivity contribution in [3.8, 4) is 5.75 Å². The Morgan fingerprint density at radius 1 is 1.10 bits per heavy atom. The topological polar surface area (TPSA) is 87.1 Å². The molecule has 2 aromatic rings. The standard InChI is InChI=1S/C29H32F5NO5/c1-4-27(30,31)28(39,29(32,33)34)22-12-10-19(11-13-22)25(38)35-15-6-8-21(18-35)20-7-5-9-23(17-20)40-26(2,3)24(37)14-16-36/h4-5,7,9-13,17,21,36,39H,1,6,8,14-16,18H2,2-3H3. The van der Waals surface area contributed by atoms with Gasteiger partial charge in [-0.1, -0.05) is 30.8 Å². The monoisotopic (exact) mass is 569 g/mol. The predicted octanol–water partition coefficient (Wildman–Crippen LogP) is 5.39. The average molecular weight is 570 g/mol. The zero-order valence-electron chi connectivity index (χ0n) is 22.2. The largest absolute Gasteiger partial charge is 0.480 e. The van der Waals surface area contributed by atoms with Gasteiger partial charge in [0, 0.05) is 31.0 Å². The molecule has 1 aliphatic rings. The first-order chi connectivity index (χ1) is 18.6. The van der Waals surface area contributed by atoms with E-state index in [9.17, 15) is 36.6 Å². The highest BCUT2D eigenvalue weighted by atomic mass is 19.4. The van der Waals surface area contributed by atoms with Gasteiger partial charge in [0.25, 0.3) is 11.5 Å². The highest BCUT2D eigenvalue weighted by Crippen LogP contribution is 2.49. The van der Waals surface area contributed by atoms with Gasteiger partial charge in [-0.25, -0.2) is 0 Å².